The van der Waals surface area contributed by atoms with Crippen molar-refractivity contribution in [2.24, 2.45) is 0 Å². The largest absolute Gasteiger partial charge is 0.370 e. The number of rotatable bonds is 5. The summed E-state index contributed by atoms with van der Waals surface area (Å²) in [4.78, 5) is 9.08. The number of hydrogen-bond donors (Lipinski definition) is 1. The summed E-state index contributed by atoms with van der Waals surface area (Å²) < 4.78 is 5.62. The van der Waals surface area contributed by atoms with Gasteiger partial charge in [0.05, 0.1) is 0 Å². The molecule has 1 fully saturated rings. The van der Waals surface area contributed by atoms with Crippen molar-refractivity contribution in [3.8, 4) is 0 Å². The zero-order valence-corrected chi connectivity index (χ0v) is 11.6. The molecule has 0 saturated carbocycles. The Morgan fingerprint density at radius 2 is 2.39 bits per heavy atom. The number of ether oxygens (including phenoxy) is 1. The highest BCUT2D eigenvalue weighted by Gasteiger charge is 2.21. The van der Waals surface area contributed by atoms with Crippen LogP contribution in [0.3, 0.4) is 0 Å². The molecule has 1 aromatic heterocycles. The molecule has 1 aliphatic rings. The molecule has 0 spiro atoms. The molecule has 0 aliphatic carbocycles. The molecule has 18 heavy (non-hydrogen) atoms. The molecule has 1 aromatic rings. The van der Waals surface area contributed by atoms with Gasteiger partial charge in [-0.25, -0.2) is 9.97 Å². The smallest absolute Gasteiger partial charge is 0.157 e. The van der Waals surface area contributed by atoms with E-state index in [2.05, 4.69) is 36.1 Å². The summed E-state index contributed by atoms with van der Waals surface area (Å²) in [6.45, 7) is 8.24. The molecule has 0 aromatic carbocycles. The van der Waals surface area contributed by atoms with Gasteiger partial charge in [0.15, 0.2) is 5.82 Å². The van der Waals surface area contributed by atoms with E-state index < -0.39 is 0 Å². The highest BCUT2D eigenvalue weighted by atomic mass is 16.5. The fourth-order valence-corrected chi connectivity index (χ4v) is 2.33. The highest BCUT2D eigenvalue weighted by molar-refractivity contribution is 5.20. The lowest BCUT2D eigenvalue weighted by molar-refractivity contribution is 0.105. The Labute approximate surface area is 109 Å². The van der Waals surface area contributed by atoms with E-state index in [1.54, 1.807) is 0 Å². The van der Waals surface area contributed by atoms with Gasteiger partial charge in [-0.05, 0) is 39.7 Å². The van der Waals surface area contributed by atoms with Crippen LogP contribution in [0.2, 0.25) is 0 Å². The minimum Gasteiger partial charge on any atom is -0.370 e. The van der Waals surface area contributed by atoms with Crippen LogP contribution in [-0.2, 0) is 4.74 Å². The van der Waals surface area contributed by atoms with Crippen LogP contribution < -0.4 is 5.32 Å². The van der Waals surface area contributed by atoms with Gasteiger partial charge in [0.25, 0.3) is 0 Å². The first kappa shape index (κ1) is 13.4. The van der Waals surface area contributed by atoms with E-state index in [1.165, 1.54) is 5.56 Å². The molecule has 1 saturated heterocycles. The van der Waals surface area contributed by atoms with E-state index in [0.717, 1.165) is 43.9 Å². The van der Waals surface area contributed by atoms with Crippen molar-refractivity contribution in [3.63, 3.8) is 0 Å². The van der Waals surface area contributed by atoms with Crippen LogP contribution >= 0.6 is 0 Å². The summed E-state index contributed by atoms with van der Waals surface area (Å²) in [7, 11) is 0. The molecular formula is C14H23N3O. The van der Waals surface area contributed by atoms with Gasteiger partial charge in [-0.15, -0.1) is 0 Å². The standard InChI is InChI=1S/C14H23N3O/c1-4-7-15-10(2)12-9-16-14(17-11(12)3)13-6-5-8-18-13/h9-10,13,15H,4-8H2,1-3H3. The second kappa shape index (κ2) is 6.25. The topological polar surface area (TPSA) is 47.0 Å². The summed E-state index contributed by atoms with van der Waals surface area (Å²) in [6.07, 6.45) is 5.35. The Hall–Kier alpha value is -1.00. The third kappa shape index (κ3) is 3.06. The Kier molecular flexibility index (Phi) is 4.66. The quantitative estimate of drug-likeness (QED) is 0.871. The Bertz CT molecular complexity index is 389. The molecule has 4 heteroatoms. The monoisotopic (exact) mass is 249 g/mol. The third-order valence-electron chi connectivity index (χ3n) is 3.42. The van der Waals surface area contributed by atoms with Crippen molar-refractivity contribution in [1.82, 2.24) is 15.3 Å². The molecular weight excluding hydrogens is 226 g/mol. The minimum atomic E-state index is 0.108. The van der Waals surface area contributed by atoms with Crippen LogP contribution in [0.15, 0.2) is 6.20 Å². The summed E-state index contributed by atoms with van der Waals surface area (Å²) in [5, 5.41) is 3.47. The van der Waals surface area contributed by atoms with Crippen molar-refractivity contribution in [2.75, 3.05) is 13.2 Å². The molecule has 2 rings (SSSR count). The first-order valence-corrected chi connectivity index (χ1v) is 6.90. The van der Waals surface area contributed by atoms with Gasteiger partial charge in [-0.1, -0.05) is 6.92 Å². The van der Waals surface area contributed by atoms with Gasteiger partial charge in [0, 0.05) is 30.1 Å². The van der Waals surface area contributed by atoms with Crippen LogP contribution in [0, 0.1) is 6.92 Å². The molecule has 0 radical (unpaired) electrons. The van der Waals surface area contributed by atoms with Crippen molar-refractivity contribution in [2.45, 2.75) is 52.2 Å². The summed E-state index contributed by atoms with van der Waals surface area (Å²) in [6, 6.07) is 0.309. The Morgan fingerprint density at radius 3 is 3.00 bits per heavy atom. The predicted octanol–water partition coefficient (Wildman–Crippen LogP) is 2.70. The molecule has 0 bridgehead atoms. The highest BCUT2D eigenvalue weighted by Crippen LogP contribution is 2.26. The maximum atomic E-state index is 5.62. The maximum absolute atomic E-state index is 5.62. The lowest BCUT2D eigenvalue weighted by Gasteiger charge is -2.17. The number of aryl methyl sites for hydroxylation is 1. The normalized spacial score (nSPS) is 21.2. The maximum Gasteiger partial charge on any atom is 0.157 e. The van der Waals surface area contributed by atoms with E-state index in [-0.39, 0.29) is 6.10 Å². The van der Waals surface area contributed by atoms with Crippen LogP contribution in [0.25, 0.3) is 0 Å². The van der Waals surface area contributed by atoms with Gasteiger partial charge in [0.1, 0.15) is 6.10 Å². The van der Waals surface area contributed by atoms with Crippen LogP contribution in [0.1, 0.15) is 62.3 Å². The van der Waals surface area contributed by atoms with Gasteiger partial charge < -0.3 is 10.1 Å². The summed E-state index contributed by atoms with van der Waals surface area (Å²) >= 11 is 0. The molecule has 4 nitrogen and oxygen atoms in total. The number of nitrogens with zero attached hydrogens (tertiary/aromatic N) is 2. The zero-order valence-electron chi connectivity index (χ0n) is 11.6. The van der Waals surface area contributed by atoms with Gasteiger partial charge >= 0.3 is 0 Å². The van der Waals surface area contributed by atoms with Crippen molar-refractivity contribution < 1.29 is 4.74 Å². The predicted molar refractivity (Wildman–Crippen MR) is 71.4 cm³/mol. The van der Waals surface area contributed by atoms with Gasteiger partial charge in [-0.2, -0.15) is 0 Å². The van der Waals surface area contributed by atoms with Crippen LogP contribution in [-0.4, -0.2) is 23.1 Å². The van der Waals surface area contributed by atoms with Crippen molar-refractivity contribution in [1.29, 1.82) is 0 Å². The summed E-state index contributed by atoms with van der Waals surface area (Å²) in [5.41, 5.74) is 2.25. The van der Waals surface area contributed by atoms with Crippen LogP contribution in [0.5, 0.6) is 0 Å². The first-order valence-electron chi connectivity index (χ1n) is 6.90. The van der Waals surface area contributed by atoms with E-state index in [9.17, 15) is 0 Å². The summed E-state index contributed by atoms with van der Waals surface area (Å²) in [5.74, 6) is 0.844. The van der Waals surface area contributed by atoms with Crippen LogP contribution in [0.4, 0.5) is 0 Å². The van der Waals surface area contributed by atoms with E-state index in [1.807, 2.05) is 6.20 Å². The second-order valence-corrected chi connectivity index (χ2v) is 4.95. The molecule has 2 unspecified atom stereocenters. The SMILES string of the molecule is CCCNC(C)c1cnc(C2CCCO2)nc1C. The first-order chi connectivity index (χ1) is 8.72. The average Bonchev–Trinajstić information content (AvgIpc) is 2.89. The molecule has 2 heterocycles. The third-order valence-corrected chi connectivity index (χ3v) is 3.42. The molecule has 1 aliphatic heterocycles. The number of nitrogens with one attached hydrogen (secondary N) is 1. The van der Waals surface area contributed by atoms with E-state index in [0.29, 0.717) is 6.04 Å². The average molecular weight is 249 g/mol. The molecule has 2 atom stereocenters. The number of hydrogen-bond acceptors (Lipinski definition) is 4. The molecule has 100 valence electrons. The second-order valence-electron chi connectivity index (χ2n) is 4.95. The van der Waals surface area contributed by atoms with Crippen molar-refractivity contribution in [3.05, 3.63) is 23.3 Å². The molecule has 0 amide bonds. The van der Waals surface area contributed by atoms with E-state index in [4.69, 9.17) is 4.74 Å². The lowest BCUT2D eigenvalue weighted by Crippen LogP contribution is -2.21. The molecule has 1 N–H and O–H groups in total. The minimum absolute atomic E-state index is 0.108. The van der Waals surface area contributed by atoms with E-state index >= 15 is 0 Å². The Balaban J connectivity index is 2.09. The fourth-order valence-electron chi connectivity index (χ4n) is 2.33. The zero-order chi connectivity index (χ0) is 13.0. The Morgan fingerprint density at radius 1 is 1.56 bits per heavy atom. The fraction of sp³-hybridized carbons (Fsp3) is 0.714. The van der Waals surface area contributed by atoms with Gasteiger partial charge in [-0.3, -0.25) is 0 Å². The number of aromatic nitrogens is 2. The lowest BCUT2D eigenvalue weighted by atomic mass is 10.1. The van der Waals surface area contributed by atoms with Crippen molar-refractivity contribution >= 4 is 0 Å². The van der Waals surface area contributed by atoms with Gasteiger partial charge in [0.2, 0.25) is 0 Å².